The normalized spacial score (nSPS) is 25.3. The number of rotatable bonds is 4. The molecule has 3 amide bonds. The van der Waals surface area contributed by atoms with E-state index in [2.05, 4.69) is 22.4 Å². The Morgan fingerprint density at radius 2 is 2.11 bits per heavy atom. The molecule has 1 aromatic carbocycles. The number of aromatic nitrogens is 2. The molecule has 2 fully saturated rings. The van der Waals surface area contributed by atoms with Gasteiger partial charge in [0.25, 0.3) is 5.91 Å². The molecule has 7 nitrogen and oxygen atoms in total. The summed E-state index contributed by atoms with van der Waals surface area (Å²) in [7, 11) is 0. The van der Waals surface area contributed by atoms with Crippen molar-refractivity contribution in [3.05, 3.63) is 35.2 Å². The van der Waals surface area contributed by atoms with E-state index in [1.807, 2.05) is 6.07 Å². The Morgan fingerprint density at radius 1 is 1.33 bits per heavy atom. The van der Waals surface area contributed by atoms with E-state index in [4.69, 9.17) is 16.1 Å². The second kappa shape index (κ2) is 6.96. The lowest BCUT2D eigenvalue weighted by molar-refractivity contribution is -0.133. The average Bonchev–Trinajstić information content (AvgIpc) is 3.22. The third kappa shape index (κ3) is 3.32. The number of halogens is 1. The maximum absolute atomic E-state index is 12.9. The average molecular weight is 389 g/mol. The van der Waals surface area contributed by atoms with Crippen molar-refractivity contribution in [3.63, 3.8) is 0 Å². The Morgan fingerprint density at radius 3 is 2.81 bits per heavy atom. The lowest BCUT2D eigenvalue weighted by Gasteiger charge is -2.34. The highest BCUT2D eigenvalue weighted by Crippen LogP contribution is 2.38. The van der Waals surface area contributed by atoms with Gasteiger partial charge in [0.2, 0.25) is 11.7 Å². The molecular formula is C19H21ClN4O3. The van der Waals surface area contributed by atoms with Gasteiger partial charge >= 0.3 is 6.03 Å². The van der Waals surface area contributed by atoms with Gasteiger partial charge < -0.3 is 9.84 Å². The lowest BCUT2D eigenvalue weighted by Crippen LogP contribution is -2.49. The topological polar surface area (TPSA) is 88.3 Å². The number of nitrogens with one attached hydrogen (secondary N) is 1. The van der Waals surface area contributed by atoms with Gasteiger partial charge in [0, 0.05) is 10.6 Å². The van der Waals surface area contributed by atoms with E-state index >= 15 is 0 Å². The van der Waals surface area contributed by atoms with Crippen LogP contribution in [0.4, 0.5) is 4.79 Å². The van der Waals surface area contributed by atoms with Gasteiger partial charge in [-0.3, -0.25) is 9.69 Å². The molecule has 2 aliphatic rings. The Hall–Kier alpha value is -2.41. The summed E-state index contributed by atoms with van der Waals surface area (Å²) in [5.74, 6) is 1.03. The molecule has 4 rings (SSSR count). The summed E-state index contributed by atoms with van der Waals surface area (Å²) >= 11 is 5.99. The number of amides is 3. The first-order chi connectivity index (χ1) is 13.0. The highest BCUT2D eigenvalue weighted by atomic mass is 35.5. The number of benzene rings is 1. The minimum atomic E-state index is -0.765. The van der Waals surface area contributed by atoms with Crippen LogP contribution < -0.4 is 5.32 Å². The van der Waals surface area contributed by atoms with Crippen LogP contribution in [0.3, 0.4) is 0 Å². The number of imide groups is 1. The molecule has 1 aliphatic heterocycles. The first-order valence-corrected chi connectivity index (χ1v) is 9.61. The lowest BCUT2D eigenvalue weighted by atomic mass is 9.75. The summed E-state index contributed by atoms with van der Waals surface area (Å²) in [6, 6.07) is 6.70. The molecule has 1 aliphatic carbocycles. The molecule has 0 radical (unpaired) electrons. The molecule has 2 aromatic rings. The summed E-state index contributed by atoms with van der Waals surface area (Å²) in [4.78, 5) is 30.9. The minimum absolute atomic E-state index is 0.0306. The third-order valence-electron chi connectivity index (χ3n) is 5.63. The number of urea groups is 1. The van der Waals surface area contributed by atoms with Crippen molar-refractivity contribution in [2.75, 3.05) is 0 Å². The van der Waals surface area contributed by atoms with Crippen molar-refractivity contribution >= 4 is 23.5 Å². The summed E-state index contributed by atoms with van der Waals surface area (Å²) in [5, 5.41) is 7.41. The first kappa shape index (κ1) is 18.0. The molecule has 1 N–H and O–H groups in total. The molecule has 0 bridgehead atoms. The van der Waals surface area contributed by atoms with Gasteiger partial charge in [-0.2, -0.15) is 4.98 Å². The van der Waals surface area contributed by atoms with E-state index in [-0.39, 0.29) is 18.3 Å². The largest absolute Gasteiger partial charge is 0.337 e. The van der Waals surface area contributed by atoms with Crippen LogP contribution in [0, 0.1) is 5.92 Å². The van der Waals surface area contributed by atoms with E-state index in [9.17, 15) is 9.59 Å². The zero-order valence-corrected chi connectivity index (χ0v) is 15.8. The van der Waals surface area contributed by atoms with Gasteiger partial charge in [-0.15, -0.1) is 0 Å². The molecule has 1 aromatic heterocycles. The first-order valence-electron chi connectivity index (χ1n) is 9.23. The van der Waals surface area contributed by atoms with Crippen LogP contribution in [0.1, 0.15) is 44.9 Å². The van der Waals surface area contributed by atoms with Crippen molar-refractivity contribution in [1.82, 2.24) is 20.4 Å². The maximum atomic E-state index is 12.9. The van der Waals surface area contributed by atoms with Gasteiger partial charge in [0.05, 0.1) is 0 Å². The van der Waals surface area contributed by atoms with E-state index in [0.717, 1.165) is 19.3 Å². The number of hydrogen-bond donors (Lipinski definition) is 1. The van der Waals surface area contributed by atoms with Crippen molar-refractivity contribution in [2.45, 2.75) is 51.1 Å². The zero-order chi connectivity index (χ0) is 19.0. The Labute approximate surface area is 162 Å². The Bertz CT molecular complexity index is 873. The molecular weight excluding hydrogens is 368 g/mol. The molecule has 2 heterocycles. The Balaban J connectivity index is 1.49. The molecule has 27 heavy (non-hydrogen) atoms. The monoisotopic (exact) mass is 388 g/mol. The highest BCUT2D eigenvalue weighted by molar-refractivity contribution is 6.30. The van der Waals surface area contributed by atoms with E-state index in [0.29, 0.717) is 35.2 Å². The predicted octanol–water partition coefficient (Wildman–Crippen LogP) is 3.78. The molecule has 0 unspecified atom stereocenters. The van der Waals surface area contributed by atoms with Gasteiger partial charge in [0.1, 0.15) is 12.1 Å². The zero-order valence-electron chi connectivity index (χ0n) is 15.1. The molecule has 1 saturated carbocycles. The minimum Gasteiger partial charge on any atom is -0.337 e. The van der Waals surface area contributed by atoms with Crippen LogP contribution in [0.15, 0.2) is 28.8 Å². The van der Waals surface area contributed by atoms with Crippen molar-refractivity contribution in [2.24, 2.45) is 5.92 Å². The molecule has 0 atom stereocenters. The fourth-order valence-corrected chi connectivity index (χ4v) is 4.13. The van der Waals surface area contributed by atoms with Crippen molar-refractivity contribution in [1.29, 1.82) is 0 Å². The predicted molar refractivity (Wildman–Crippen MR) is 98.8 cm³/mol. The fourth-order valence-electron chi connectivity index (χ4n) is 3.94. The second-order valence-electron chi connectivity index (χ2n) is 7.28. The number of nitrogens with zero attached hydrogens (tertiary/aromatic N) is 3. The van der Waals surface area contributed by atoms with Gasteiger partial charge in [-0.25, -0.2) is 4.79 Å². The van der Waals surface area contributed by atoms with Crippen molar-refractivity contribution < 1.29 is 14.1 Å². The van der Waals surface area contributed by atoms with Crippen LogP contribution in [0.5, 0.6) is 0 Å². The van der Waals surface area contributed by atoms with Crippen LogP contribution in [-0.2, 0) is 11.3 Å². The van der Waals surface area contributed by atoms with Gasteiger partial charge in [-0.05, 0) is 43.7 Å². The summed E-state index contributed by atoms with van der Waals surface area (Å²) in [5.41, 5.74) is -0.0532. The maximum Gasteiger partial charge on any atom is 0.325 e. The smallest absolute Gasteiger partial charge is 0.325 e. The summed E-state index contributed by atoms with van der Waals surface area (Å²) < 4.78 is 5.25. The Kier molecular flexibility index (Phi) is 4.63. The van der Waals surface area contributed by atoms with Crippen LogP contribution >= 0.6 is 11.6 Å². The van der Waals surface area contributed by atoms with Gasteiger partial charge in [0.15, 0.2) is 0 Å². The van der Waals surface area contributed by atoms with Crippen LogP contribution in [-0.4, -0.2) is 32.5 Å². The van der Waals surface area contributed by atoms with Crippen LogP contribution in [0.25, 0.3) is 11.4 Å². The fraction of sp³-hybridized carbons (Fsp3) is 0.474. The molecule has 142 valence electrons. The number of hydrogen-bond acceptors (Lipinski definition) is 5. The highest BCUT2D eigenvalue weighted by Gasteiger charge is 2.52. The quantitative estimate of drug-likeness (QED) is 0.805. The standard InChI is InChI=1S/C19H21ClN4O3/c1-2-12-6-8-19(9-7-12)17(25)24(18(26)22-19)11-15-21-16(23-27-15)13-4-3-5-14(20)10-13/h3-5,10,12H,2,6-9,11H2,1H3,(H,22,26). The third-order valence-corrected chi connectivity index (χ3v) is 5.86. The number of carbonyl (C=O) groups excluding carboxylic acids is 2. The van der Waals surface area contributed by atoms with E-state index in [1.165, 1.54) is 4.90 Å². The number of carbonyl (C=O) groups is 2. The summed E-state index contributed by atoms with van der Waals surface area (Å²) in [6.45, 7) is 2.13. The van der Waals surface area contributed by atoms with Gasteiger partial charge in [-0.1, -0.05) is 42.2 Å². The van der Waals surface area contributed by atoms with Crippen molar-refractivity contribution in [3.8, 4) is 11.4 Å². The molecule has 1 spiro atoms. The second-order valence-corrected chi connectivity index (χ2v) is 7.71. The SMILES string of the molecule is CCC1CCC2(CC1)NC(=O)N(Cc1nc(-c3cccc(Cl)c3)no1)C2=O. The van der Waals surface area contributed by atoms with E-state index in [1.54, 1.807) is 18.2 Å². The van der Waals surface area contributed by atoms with Crippen LogP contribution in [0.2, 0.25) is 5.02 Å². The van der Waals surface area contributed by atoms with E-state index < -0.39 is 11.6 Å². The molecule has 8 heteroatoms. The summed E-state index contributed by atoms with van der Waals surface area (Å²) in [6.07, 6.45) is 4.39. The molecule has 1 saturated heterocycles.